The molecule has 2 rings (SSSR count). The highest BCUT2D eigenvalue weighted by Gasteiger charge is 2.08. The highest BCUT2D eigenvalue weighted by atomic mass is 79.9. The van der Waals surface area contributed by atoms with Gasteiger partial charge in [-0.25, -0.2) is 9.67 Å². The fourth-order valence-electron chi connectivity index (χ4n) is 1.65. The van der Waals surface area contributed by atoms with E-state index >= 15 is 0 Å². The lowest BCUT2D eigenvalue weighted by atomic mass is 10.2. The third kappa shape index (κ3) is 3.17. The molecule has 2 aromatic heterocycles. The first-order valence-corrected chi connectivity index (χ1v) is 6.75. The van der Waals surface area contributed by atoms with E-state index in [1.54, 1.807) is 6.20 Å². The van der Waals surface area contributed by atoms with Crippen molar-refractivity contribution in [3.8, 4) is 5.82 Å². The fourth-order valence-corrected chi connectivity index (χ4v) is 2.03. The van der Waals surface area contributed by atoms with Gasteiger partial charge in [0.25, 0.3) is 0 Å². The van der Waals surface area contributed by atoms with Crippen LogP contribution in [0.2, 0.25) is 0 Å². The van der Waals surface area contributed by atoms with Gasteiger partial charge in [-0.1, -0.05) is 13.8 Å². The average Bonchev–Trinajstić information content (AvgIpc) is 2.73. The van der Waals surface area contributed by atoms with Gasteiger partial charge >= 0.3 is 0 Å². The molecule has 0 unspecified atom stereocenters. The van der Waals surface area contributed by atoms with Crippen molar-refractivity contribution >= 4 is 15.9 Å². The molecule has 0 aliphatic rings. The smallest absolute Gasteiger partial charge is 0.157 e. The summed E-state index contributed by atoms with van der Waals surface area (Å²) in [4.78, 5) is 4.45. The van der Waals surface area contributed by atoms with Gasteiger partial charge in [-0.05, 0) is 34.5 Å². The summed E-state index contributed by atoms with van der Waals surface area (Å²) in [6.45, 7) is 7.05. The summed E-state index contributed by atoms with van der Waals surface area (Å²) in [6.07, 6.45) is 5.61. The molecule has 0 saturated heterocycles. The first-order chi connectivity index (χ1) is 8.56. The summed E-state index contributed by atoms with van der Waals surface area (Å²) < 4.78 is 2.80. The van der Waals surface area contributed by atoms with Gasteiger partial charge in [0.1, 0.15) is 0 Å². The number of nitrogens with one attached hydrogen (secondary N) is 1. The van der Waals surface area contributed by atoms with Crippen LogP contribution in [0.25, 0.3) is 5.82 Å². The van der Waals surface area contributed by atoms with E-state index in [0.29, 0.717) is 6.04 Å². The van der Waals surface area contributed by atoms with Crippen molar-refractivity contribution in [1.82, 2.24) is 20.1 Å². The van der Waals surface area contributed by atoms with Crippen molar-refractivity contribution in [1.29, 1.82) is 0 Å². The van der Waals surface area contributed by atoms with Crippen molar-refractivity contribution in [3.63, 3.8) is 0 Å². The molecule has 2 heterocycles. The predicted molar refractivity (Wildman–Crippen MR) is 75.8 cm³/mol. The minimum absolute atomic E-state index is 0.441. The van der Waals surface area contributed by atoms with Crippen LogP contribution in [0.1, 0.15) is 25.0 Å². The first-order valence-electron chi connectivity index (χ1n) is 5.95. The zero-order chi connectivity index (χ0) is 13.1. The van der Waals surface area contributed by atoms with Crippen molar-refractivity contribution in [2.24, 2.45) is 0 Å². The summed E-state index contributed by atoms with van der Waals surface area (Å²) in [5, 5.41) is 7.72. The van der Waals surface area contributed by atoms with Gasteiger partial charge in [0, 0.05) is 35.0 Å². The Morgan fingerprint density at radius 2 is 2.17 bits per heavy atom. The van der Waals surface area contributed by atoms with Gasteiger partial charge in [0.2, 0.25) is 0 Å². The lowest BCUT2D eigenvalue weighted by molar-refractivity contribution is 0.584. The lowest BCUT2D eigenvalue weighted by Gasteiger charge is -2.12. The van der Waals surface area contributed by atoms with Gasteiger partial charge in [-0.2, -0.15) is 5.10 Å². The molecule has 4 nitrogen and oxygen atoms in total. The molecular weight excluding hydrogens is 292 g/mol. The second kappa shape index (κ2) is 5.63. The molecule has 5 heteroatoms. The molecular formula is C13H17BrN4. The van der Waals surface area contributed by atoms with Crippen LogP contribution < -0.4 is 5.32 Å². The van der Waals surface area contributed by atoms with Crippen molar-refractivity contribution in [2.45, 2.75) is 33.4 Å². The number of hydrogen-bond acceptors (Lipinski definition) is 3. The number of rotatable bonds is 4. The Kier molecular flexibility index (Phi) is 4.14. The summed E-state index contributed by atoms with van der Waals surface area (Å²) in [5.74, 6) is 0.874. The number of halogens is 1. The van der Waals surface area contributed by atoms with Crippen molar-refractivity contribution < 1.29 is 0 Å². The van der Waals surface area contributed by atoms with Gasteiger partial charge < -0.3 is 5.32 Å². The van der Waals surface area contributed by atoms with Gasteiger partial charge in [0.05, 0.1) is 6.20 Å². The molecule has 0 fully saturated rings. The maximum atomic E-state index is 4.45. The van der Waals surface area contributed by atoms with Crippen LogP contribution in [0.4, 0.5) is 0 Å². The minimum Gasteiger partial charge on any atom is -0.310 e. The van der Waals surface area contributed by atoms with Crippen LogP contribution in [0.5, 0.6) is 0 Å². The van der Waals surface area contributed by atoms with E-state index in [-0.39, 0.29) is 0 Å². The molecule has 0 aromatic carbocycles. The Bertz CT molecular complexity index is 534. The Morgan fingerprint density at radius 1 is 1.39 bits per heavy atom. The highest BCUT2D eigenvalue weighted by molar-refractivity contribution is 9.10. The number of aromatic nitrogens is 3. The van der Waals surface area contributed by atoms with E-state index in [9.17, 15) is 0 Å². The molecule has 0 aliphatic heterocycles. The van der Waals surface area contributed by atoms with Gasteiger partial charge in [-0.3, -0.25) is 0 Å². The highest BCUT2D eigenvalue weighted by Crippen LogP contribution is 2.17. The largest absolute Gasteiger partial charge is 0.310 e. The second-order valence-electron chi connectivity index (χ2n) is 4.63. The Morgan fingerprint density at radius 3 is 2.78 bits per heavy atom. The SMILES string of the molecule is Cc1cnn(-c2ncc(Br)cc2CNC(C)C)c1. The monoisotopic (exact) mass is 308 g/mol. The molecule has 1 N–H and O–H groups in total. The quantitative estimate of drug-likeness (QED) is 0.944. The molecule has 0 atom stereocenters. The van der Waals surface area contributed by atoms with E-state index in [1.165, 1.54) is 0 Å². The molecule has 0 saturated carbocycles. The molecule has 0 radical (unpaired) electrons. The molecule has 0 amide bonds. The zero-order valence-electron chi connectivity index (χ0n) is 10.8. The topological polar surface area (TPSA) is 42.7 Å². The molecule has 0 aliphatic carbocycles. The summed E-state index contributed by atoms with van der Waals surface area (Å²) in [6, 6.07) is 2.52. The average molecular weight is 309 g/mol. The maximum absolute atomic E-state index is 4.45. The second-order valence-corrected chi connectivity index (χ2v) is 5.55. The van der Waals surface area contributed by atoms with Crippen LogP contribution >= 0.6 is 15.9 Å². The van der Waals surface area contributed by atoms with Crippen molar-refractivity contribution in [2.75, 3.05) is 0 Å². The van der Waals surface area contributed by atoms with Crippen LogP contribution in [-0.2, 0) is 6.54 Å². The molecule has 0 spiro atoms. The van der Waals surface area contributed by atoms with Crippen LogP contribution in [-0.4, -0.2) is 20.8 Å². The van der Waals surface area contributed by atoms with E-state index in [2.05, 4.69) is 51.2 Å². The third-order valence-corrected chi connectivity index (χ3v) is 2.97. The Hall–Kier alpha value is -1.20. The molecule has 2 aromatic rings. The van der Waals surface area contributed by atoms with Crippen LogP contribution in [0.15, 0.2) is 29.1 Å². The number of aryl methyl sites for hydroxylation is 1. The Balaban J connectivity index is 2.34. The third-order valence-electron chi connectivity index (χ3n) is 2.54. The van der Waals surface area contributed by atoms with Gasteiger partial charge in [0.15, 0.2) is 5.82 Å². The van der Waals surface area contributed by atoms with E-state index in [0.717, 1.165) is 28.0 Å². The molecule has 18 heavy (non-hydrogen) atoms. The van der Waals surface area contributed by atoms with Crippen LogP contribution in [0, 0.1) is 6.92 Å². The maximum Gasteiger partial charge on any atom is 0.157 e. The normalized spacial score (nSPS) is 11.2. The van der Waals surface area contributed by atoms with E-state index < -0.39 is 0 Å². The zero-order valence-corrected chi connectivity index (χ0v) is 12.4. The van der Waals surface area contributed by atoms with Crippen LogP contribution in [0.3, 0.4) is 0 Å². The minimum atomic E-state index is 0.441. The molecule has 96 valence electrons. The molecule has 0 bridgehead atoms. The van der Waals surface area contributed by atoms with E-state index in [4.69, 9.17) is 0 Å². The van der Waals surface area contributed by atoms with Crippen molar-refractivity contribution in [3.05, 3.63) is 40.3 Å². The number of pyridine rings is 1. The summed E-state index contributed by atoms with van der Waals surface area (Å²) in [5.41, 5.74) is 2.25. The van der Waals surface area contributed by atoms with E-state index in [1.807, 2.05) is 24.0 Å². The lowest BCUT2D eigenvalue weighted by Crippen LogP contribution is -2.23. The number of nitrogens with zero attached hydrogens (tertiary/aromatic N) is 3. The first kappa shape index (κ1) is 13.2. The number of hydrogen-bond donors (Lipinski definition) is 1. The summed E-state index contributed by atoms with van der Waals surface area (Å²) in [7, 11) is 0. The summed E-state index contributed by atoms with van der Waals surface area (Å²) >= 11 is 3.46. The predicted octanol–water partition coefficient (Wildman–Crippen LogP) is 2.84. The standard InChI is InChI=1S/C13H17BrN4/c1-9(2)15-6-11-4-12(14)7-16-13(11)18-8-10(3)5-17-18/h4-5,7-9,15H,6H2,1-3H3. The fraction of sp³-hybridized carbons (Fsp3) is 0.385. The Labute approximate surface area is 116 Å². The van der Waals surface area contributed by atoms with Gasteiger partial charge in [-0.15, -0.1) is 0 Å².